The minimum atomic E-state index is 1.26. The molecular weight excluding hydrogens is 56.0 g/mol. The van der Waals surface area contributed by atoms with Gasteiger partial charge in [0, 0.05) is 0 Å². The van der Waals surface area contributed by atoms with Crippen LogP contribution >= 0.6 is 0 Å². The Kier molecular flexibility index (Phi) is 1.79. The molecule has 0 aromatic carbocycles. The third-order valence-corrected chi connectivity index (χ3v) is 0.0816. The molecule has 0 saturated carbocycles. The van der Waals surface area contributed by atoms with Crippen molar-refractivity contribution in [2.45, 2.75) is 0 Å². The van der Waals surface area contributed by atoms with E-state index in [0.29, 0.717) is 0 Å². The van der Waals surface area contributed by atoms with Crippen LogP contribution in [-0.4, -0.2) is 7.11 Å². The largest absolute Gasteiger partial charge is 0.456 e. The molecule has 0 aliphatic carbocycles. The van der Waals surface area contributed by atoms with Crippen LogP contribution in [0.25, 0.3) is 5.14 Å². The molecule has 3 nitrogen and oxygen atoms in total. The molecule has 0 aromatic rings. The molecule has 3 heteroatoms. The molecule has 0 aromatic heterocycles. The monoisotopic (exact) mass is 59.0 g/mol. The summed E-state index contributed by atoms with van der Waals surface area (Å²) in [6.45, 7) is 0. The van der Waals surface area contributed by atoms with Crippen LogP contribution in [0.1, 0.15) is 0 Å². The van der Waals surface area contributed by atoms with E-state index in [-0.39, 0.29) is 0 Å². The van der Waals surface area contributed by atoms with E-state index >= 15 is 0 Å². The van der Waals surface area contributed by atoms with Crippen LogP contribution in [0.4, 0.5) is 0 Å². The predicted molar refractivity (Wildman–Crippen MR) is 12.1 cm³/mol. The Bertz CT molecular complexity index is 35.8. The molecule has 0 rings (SSSR count). The van der Waals surface area contributed by atoms with Crippen molar-refractivity contribution < 1.29 is 4.84 Å². The number of rotatable bonds is 0. The molecule has 0 amide bonds. The molecule has 0 unspecified atom stereocenters. The van der Waals surface area contributed by atoms with Gasteiger partial charge >= 0.3 is 5.14 Å². The molecular formula is CH3N2O+. The maximum Gasteiger partial charge on any atom is 0.456 e. The van der Waals surface area contributed by atoms with Crippen molar-refractivity contribution in [3.63, 3.8) is 0 Å². The van der Waals surface area contributed by atoms with Crippen LogP contribution in [0, 0.1) is 5.39 Å². The summed E-state index contributed by atoms with van der Waals surface area (Å²) < 4.78 is 0. The van der Waals surface area contributed by atoms with Crippen LogP contribution in [-0.2, 0) is 4.84 Å². The maximum absolute atomic E-state index is 7.28. The Labute approximate surface area is 23.8 Å². The average Bonchev–Trinajstić information content (AvgIpc) is 1.37. The highest BCUT2D eigenvalue weighted by Crippen LogP contribution is 1.51. The molecule has 0 radical (unpaired) electrons. The van der Waals surface area contributed by atoms with Gasteiger partial charge in [0.1, 0.15) is 0 Å². The SMILES string of the molecule is CO[N+]#N. The second-order valence-electron chi connectivity index (χ2n) is 0.264. The van der Waals surface area contributed by atoms with Crippen LogP contribution in [0.2, 0.25) is 0 Å². The van der Waals surface area contributed by atoms with E-state index in [2.05, 4.69) is 9.98 Å². The predicted octanol–water partition coefficient (Wildman–Crippen LogP) is 0.401. The van der Waals surface area contributed by atoms with Crippen molar-refractivity contribution in [3.8, 4) is 0 Å². The summed E-state index contributed by atoms with van der Waals surface area (Å²) in [4.78, 5) is 3.72. The zero-order valence-electron chi connectivity index (χ0n) is 2.30. The Morgan fingerprint density at radius 1 is 2.00 bits per heavy atom. The van der Waals surface area contributed by atoms with Crippen LogP contribution < -0.4 is 0 Å². The maximum atomic E-state index is 7.28. The topological polar surface area (TPSA) is 37.4 Å². The van der Waals surface area contributed by atoms with E-state index in [1.54, 1.807) is 0 Å². The van der Waals surface area contributed by atoms with Gasteiger partial charge in [-0.1, -0.05) is 0 Å². The fraction of sp³-hybridized carbons (Fsp3) is 1.00. The van der Waals surface area contributed by atoms with Gasteiger partial charge in [-0.3, -0.25) is 0 Å². The smallest absolute Gasteiger partial charge is 0.135 e. The number of diazo groups is 1. The lowest BCUT2D eigenvalue weighted by Gasteiger charge is -1.39. The normalized spacial score (nSPS) is 4.00. The molecule has 0 heterocycles. The van der Waals surface area contributed by atoms with Gasteiger partial charge in [0.2, 0.25) is 0 Å². The van der Waals surface area contributed by atoms with Gasteiger partial charge in [-0.15, -0.1) is 4.84 Å². The van der Waals surface area contributed by atoms with Crippen molar-refractivity contribution in [2.24, 2.45) is 0 Å². The van der Waals surface area contributed by atoms with Crippen molar-refractivity contribution in [1.82, 2.24) is 0 Å². The first-order valence-corrected chi connectivity index (χ1v) is 0.791. The van der Waals surface area contributed by atoms with Crippen LogP contribution in [0.5, 0.6) is 0 Å². The van der Waals surface area contributed by atoms with Gasteiger partial charge in [0.05, 0.1) is 0 Å². The van der Waals surface area contributed by atoms with Crippen LogP contribution in [0.15, 0.2) is 0 Å². The Morgan fingerprint density at radius 2 is 2.25 bits per heavy atom. The second kappa shape index (κ2) is 2.22. The first kappa shape index (κ1) is 3.22. The van der Waals surface area contributed by atoms with Crippen molar-refractivity contribution >= 4 is 0 Å². The highest BCUT2D eigenvalue weighted by Gasteiger charge is 1.63. The Balaban J connectivity index is 2.43. The zero-order valence-corrected chi connectivity index (χ0v) is 2.30. The molecule has 0 aliphatic rings. The molecule has 0 N–H and O–H groups in total. The summed E-state index contributed by atoms with van der Waals surface area (Å²) >= 11 is 0. The van der Waals surface area contributed by atoms with E-state index in [9.17, 15) is 0 Å². The zero-order chi connectivity index (χ0) is 3.41. The summed E-state index contributed by atoms with van der Waals surface area (Å²) in [5, 5.41) is 9.51. The molecule has 22 valence electrons. The first-order chi connectivity index (χ1) is 1.91. The lowest BCUT2D eigenvalue weighted by molar-refractivity contribution is 0.318. The first-order valence-electron chi connectivity index (χ1n) is 0.791. The van der Waals surface area contributed by atoms with Crippen molar-refractivity contribution in [2.75, 3.05) is 7.11 Å². The Hall–Kier alpha value is -0.780. The van der Waals surface area contributed by atoms with Gasteiger partial charge in [0.15, 0.2) is 7.11 Å². The van der Waals surface area contributed by atoms with Gasteiger partial charge in [-0.05, 0) is 0 Å². The lowest BCUT2D eigenvalue weighted by Crippen LogP contribution is -1.49. The minimum absolute atomic E-state index is 1.26. The van der Waals surface area contributed by atoms with Gasteiger partial charge in [-0.2, -0.15) is 0 Å². The third kappa shape index (κ3) is 1.22. The summed E-state index contributed by atoms with van der Waals surface area (Å²) in [6, 6.07) is 0. The van der Waals surface area contributed by atoms with E-state index < -0.39 is 0 Å². The molecule has 0 aliphatic heterocycles. The highest BCUT2D eigenvalue weighted by atomic mass is 16.6. The standard InChI is InChI=1S/CH3N2O/c1-4-3-2/h1H3/q+1. The van der Waals surface area contributed by atoms with E-state index in [4.69, 9.17) is 5.39 Å². The lowest BCUT2D eigenvalue weighted by atomic mass is 11.7. The molecule has 0 atom stereocenters. The number of hydrogen-bond donors (Lipinski definition) is 0. The quantitative estimate of drug-likeness (QED) is 0.299. The van der Waals surface area contributed by atoms with E-state index in [1.807, 2.05) is 0 Å². The highest BCUT2D eigenvalue weighted by molar-refractivity contribution is 3.99. The molecule has 0 bridgehead atoms. The van der Waals surface area contributed by atoms with E-state index in [0.717, 1.165) is 0 Å². The molecule has 0 saturated heterocycles. The second-order valence-corrected chi connectivity index (χ2v) is 0.264. The molecule has 0 spiro atoms. The number of nitrogens with zero attached hydrogens (tertiary/aromatic N) is 2. The molecule has 4 heavy (non-hydrogen) atoms. The van der Waals surface area contributed by atoms with Crippen LogP contribution in [0.3, 0.4) is 0 Å². The fourth-order valence-corrected chi connectivity index (χ4v) is 0. The number of hydrogen-bond acceptors (Lipinski definition) is 2. The van der Waals surface area contributed by atoms with Crippen molar-refractivity contribution in [1.29, 1.82) is 5.39 Å². The van der Waals surface area contributed by atoms with Crippen molar-refractivity contribution in [3.05, 3.63) is 5.14 Å². The van der Waals surface area contributed by atoms with Gasteiger partial charge < -0.3 is 0 Å². The summed E-state index contributed by atoms with van der Waals surface area (Å²) in [6.07, 6.45) is 0. The van der Waals surface area contributed by atoms with Gasteiger partial charge in [0.25, 0.3) is 5.39 Å². The minimum Gasteiger partial charge on any atom is -0.135 e. The van der Waals surface area contributed by atoms with E-state index in [1.165, 1.54) is 7.11 Å². The molecule has 0 fully saturated rings. The summed E-state index contributed by atoms with van der Waals surface area (Å²) in [7, 11) is 1.26. The third-order valence-electron chi connectivity index (χ3n) is 0.0816. The fourth-order valence-electron chi connectivity index (χ4n) is 0. The average molecular weight is 59.0 g/mol. The summed E-state index contributed by atoms with van der Waals surface area (Å²) in [5.41, 5.74) is 0. The Morgan fingerprint density at radius 3 is 2.25 bits per heavy atom. The summed E-state index contributed by atoms with van der Waals surface area (Å²) in [5.74, 6) is 0. The van der Waals surface area contributed by atoms with Gasteiger partial charge in [-0.25, -0.2) is 0 Å².